The summed E-state index contributed by atoms with van der Waals surface area (Å²) in [5.41, 5.74) is 0. The Labute approximate surface area is 122 Å². The van der Waals surface area contributed by atoms with Crippen LogP contribution in [0.3, 0.4) is 0 Å². The quantitative estimate of drug-likeness (QED) is 0.833. The minimum Gasteiger partial charge on any atom is -0.481 e. The zero-order chi connectivity index (χ0) is 14.4. The van der Waals surface area contributed by atoms with Gasteiger partial charge in [-0.1, -0.05) is 6.07 Å². The average Bonchev–Trinajstić information content (AvgIpc) is 3.06. The monoisotopic (exact) mass is 297 g/mol. The van der Waals surface area contributed by atoms with E-state index in [1.165, 1.54) is 0 Å². The van der Waals surface area contributed by atoms with Crippen LogP contribution in [0, 0.1) is 0 Å². The predicted octanol–water partition coefficient (Wildman–Crippen LogP) is 1.77. The molecule has 1 aliphatic heterocycles. The van der Waals surface area contributed by atoms with Gasteiger partial charge in [-0.15, -0.1) is 11.3 Å². The second-order valence-corrected chi connectivity index (χ2v) is 5.91. The molecule has 1 aliphatic rings. The van der Waals surface area contributed by atoms with Crippen molar-refractivity contribution in [3.05, 3.63) is 22.4 Å². The molecule has 1 N–H and O–H groups in total. The van der Waals surface area contributed by atoms with Gasteiger partial charge in [0.15, 0.2) is 0 Å². The summed E-state index contributed by atoms with van der Waals surface area (Å²) in [6.45, 7) is 1.48. The normalized spacial score (nSPS) is 18.1. The summed E-state index contributed by atoms with van der Waals surface area (Å²) in [5, 5.41) is 10.7. The number of carboxylic acid groups (broad SMARTS) is 1. The van der Waals surface area contributed by atoms with Crippen LogP contribution in [0.25, 0.3) is 0 Å². The number of amides is 1. The van der Waals surface area contributed by atoms with E-state index >= 15 is 0 Å². The molecule has 1 saturated heterocycles. The number of ether oxygens (including phenoxy) is 1. The van der Waals surface area contributed by atoms with E-state index < -0.39 is 5.97 Å². The average molecular weight is 297 g/mol. The van der Waals surface area contributed by atoms with Crippen molar-refractivity contribution in [2.75, 3.05) is 19.7 Å². The van der Waals surface area contributed by atoms with E-state index in [0.717, 1.165) is 24.3 Å². The van der Waals surface area contributed by atoms with E-state index in [2.05, 4.69) is 0 Å². The number of nitrogens with zero attached hydrogens (tertiary/aromatic N) is 1. The van der Waals surface area contributed by atoms with E-state index in [9.17, 15) is 9.59 Å². The molecule has 0 radical (unpaired) electrons. The van der Waals surface area contributed by atoms with Crippen molar-refractivity contribution in [1.82, 2.24) is 4.90 Å². The van der Waals surface area contributed by atoms with Crippen molar-refractivity contribution in [2.24, 2.45) is 0 Å². The number of carbonyl (C=O) groups excluding carboxylic acids is 1. The maximum absolute atomic E-state index is 12.3. The summed E-state index contributed by atoms with van der Waals surface area (Å²) in [7, 11) is 0. The lowest BCUT2D eigenvalue weighted by Gasteiger charge is -2.24. The topological polar surface area (TPSA) is 66.8 Å². The molecule has 1 fully saturated rings. The fourth-order valence-electron chi connectivity index (χ4n) is 2.26. The van der Waals surface area contributed by atoms with Crippen LogP contribution in [0.15, 0.2) is 17.5 Å². The lowest BCUT2D eigenvalue weighted by Crippen LogP contribution is -2.39. The summed E-state index contributed by atoms with van der Waals surface area (Å²) >= 11 is 1.54. The van der Waals surface area contributed by atoms with Gasteiger partial charge in [-0.25, -0.2) is 0 Å². The van der Waals surface area contributed by atoms with Gasteiger partial charge in [-0.2, -0.15) is 0 Å². The minimum absolute atomic E-state index is 0.0239. The Balaban J connectivity index is 1.92. The van der Waals surface area contributed by atoms with Crippen molar-refractivity contribution >= 4 is 23.2 Å². The second-order valence-electron chi connectivity index (χ2n) is 4.87. The Morgan fingerprint density at radius 1 is 1.50 bits per heavy atom. The molecule has 0 saturated carbocycles. The first-order valence-electron chi connectivity index (χ1n) is 6.78. The fourth-order valence-corrected chi connectivity index (χ4v) is 2.95. The number of hydrogen-bond donors (Lipinski definition) is 1. The molecule has 0 aromatic carbocycles. The van der Waals surface area contributed by atoms with Crippen LogP contribution < -0.4 is 0 Å². The summed E-state index contributed by atoms with van der Waals surface area (Å²) in [4.78, 5) is 25.6. The van der Waals surface area contributed by atoms with Crippen LogP contribution in [-0.4, -0.2) is 47.7 Å². The van der Waals surface area contributed by atoms with Gasteiger partial charge in [0.1, 0.15) is 0 Å². The molecule has 1 amide bonds. The van der Waals surface area contributed by atoms with Crippen molar-refractivity contribution in [3.63, 3.8) is 0 Å². The zero-order valence-electron chi connectivity index (χ0n) is 11.3. The van der Waals surface area contributed by atoms with Crippen LogP contribution in [0.2, 0.25) is 0 Å². The molecule has 1 atom stereocenters. The molecule has 20 heavy (non-hydrogen) atoms. The Bertz CT molecular complexity index is 440. The first kappa shape index (κ1) is 15.0. The lowest BCUT2D eigenvalue weighted by atomic mass is 10.2. The van der Waals surface area contributed by atoms with Gasteiger partial charge in [-0.05, 0) is 24.3 Å². The molecule has 1 aromatic heterocycles. The SMILES string of the molecule is O=C(O)CCN(CC1CCCO1)C(=O)Cc1cccs1. The molecule has 0 aliphatic carbocycles. The van der Waals surface area contributed by atoms with Crippen LogP contribution in [0.1, 0.15) is 24.1 Å². The van der Waals surface area contributed by atoms with E-state index in [-0.39, 0.29) is 25.0 Å². The van der Waals surface area contributed by atoms with E-state index in [4.69, 9.17) is 9.84 Å². The van der Waals surface area contributed by atoms with Gasteiger partial charge in [0, 0.05) is 24.6 Å². The van der Waals surface area contributed by atoms with Crippen molar-refractivity contribution in [3.8, 4) is 0 Å². The first-order chi connectivity index (χ1) is 9.65. The predicted molar refractivity (Wildman–Crippen MR) is 75.8 cm³/mol. The number of carboxylic acids is 1. The fraction of sp³-hybridized carbons (Fsp3) is 0.571. The first-order valence-corrected chi connectivity index (χ1v) is 7.66. The molecule has 1 unspecified atom stereocenters. The van der Waals surface area contributed by atoms with Crippen molar-refractivity contribution < 1.29 is 19.4 Å². The van der Waals surface area contributed by atoms with Gasteiger partial charge in [0.25, 0.3) is 0 Å². The summed E-state index contributed by atoms with van der Waals surface area (Å²) < 4.78 is 5.54. The number of thiophene rings is 1. The Morgan fingerprint density at radius 2 is 2.35 bits per heavy atom. The Kier molecular flexibility index (Phi) is 5.55. The molecule has 0 spiro atoms. The number of rotatable bonds is 7. The van der Waals surface area contributed by atoms with Crippen LogP contribution >= 0.6 is 11.3 Å². The second kappa shape index (κ2) is 7.40. The molecule has 1 aromatic rings. The van der Waals surface area contributed by atoms with Crippen LogP contribution in [0.5, 0.6) is 0 Å². The highest BCUT2D eigenvalue weighted by Gasteiger charge is 2.23. The highest BCUT2D eigenvalue weighted by atomic mass is 32.1. The molecule has 2 rings (SSSR count). The third-order valence-corrected chi connectivity index (χ3v) is 4.18. The highest BCUT2D eigenvalue weighted by Crippen LogP contribution is 2.16. The van der Waals surface area contributed by atoms with Gasteiger partial charge in [-0.3, -0.25) is 9.59 Å². The van der Waals surface area contributed by atoms with Crippen LogP contribution in [0.4, 0.5) is 0 Å². The zero-order valence-corrected chi connectivity index (χ0v) is 12.1. The van der Waals surface area contributed by atoms with Gasteiger partial charge >= 0.3 is 5.97 Å². The highest BCUT2D eigenvalue weighted by molar-refractivity contribution is 7.10. The molecular weight excluding hydrogens is 278 g/mol. The lowest BCUT2D eigenvalue weighted by molar-refractivity contribution is -0.139. The maximum Gasteiger partial charge on any atom is 0.305 e. The summed E-state index contributed by atoms with van der Waals surface area (Å²) in [6, 6.07) is 3.83. The molecule has 6 heteroatoms. The molecule has 2 heterocycles. The summed E-state index contributed by atoms with van der Waals surface area (Å²) in [5.74, 6) is -0.907. The van der Waals surface area contributed by atoms with Crippen LogP contribution in [-0.2, 0) is 20.7 Å². The smallest absolute Gasteiger partial charge is 0.305 e. The summed E-state index contributed by atoms with van der Waals surface area (Å²) in [6.07, 6.45) is 2.32. The third-order valence-electron chi connectivity index (χ3n) is 3.30. The standard InChI is InChI=1S/C14H19NO4S/c16-13(9-12-4-2-8-20-12)15(6-5-14(17)18)10-11-3-1-7-19-11/h2,4,8,11H,1,3,5-7,9-10H2,(H,17,18). The van der Waals surface area contributed by atoms with E-state index in [1.54, 1.807) is 16.2 Å². The number of hydrogen-bond acceptors (Lipinski definition) is 4. The molecule has 110 valence electrons. The third kappa shape index (κ3) is 4.61. The molecule has 5 nitrogen and oxygen atoms in total. The number of carbonyl (C=O) groups is 2. The van der Waals surface area contributed by atoms with E-state index in [1.807, 2.05) is 17.5 Å². The van der Waals surface area contributed by atoms with Gasteiger partial charge in [0.2, 0.25) is 5.91 Å². The van der Waals surface area contributed by atoms with Gasteiger partial charge in [0.05, 0.1) is 18.9 Å². The Hall–Kier alpha value is -1.40. The maximum atomic E-state index is 12.3. The van der Waals surface area contributed by atoms with Crippen molar-refractivity contribution in [2.45, 2.75) is 31.8 Å². The number of aliphatic carboxylic acids is 1. The Morgan fingerprint density at radius 3 is 2.95 bits per heavy atom. The molecular formula is C14H19NO4S. The van der Waals surface area contributed by atoms with Gasteiger partial charge < -0.3 is 14.7 Å². The van der Waals surface area contributed by atoms with Crippen molar-refractivity contribution in [1.29, 1.82) is 0 Å². The minimum atomic E-state index is -0.883. The molecule has 0 bridgehead atoms. The van der Waals surface area contributed by atoms with E-state index in [0.29, 0.717) is 13.0 Å². The largest absolute Gasteiger partial charge is 0.481 e.